The summed E-state index contributed by atoms with van der Waals surface area (Å²) in [5.74, 6) is 3.07. The highest BCUT2D eigenvalue weighted by atomic mass is 16.5. The van der Waals surface area contributed by atoms with Gasteiger partial charge >= 0.3 is 6.09 Å². The van der Waals surface area contributed by atoms with Crippen molar-refractivity contribution in [3.63, 3.8) is 0 Å². The first-order valence-corrected chi connectivity index (χ1v) is 10.4. The van der Waals surface area contributed by atoms with Crippen molar-refractivity contribution in [3.8, 4) is 0 Å². The lowest BCUT2D eigenvalue weighted by atomic mass is 9.45. The maximum absolute atomic E-state index is 11.8. The summed E-state index contributed by atoms with van der Waals surface area (Å²) >= 11 is 0. The molecule has 0 spiro atoms. The maximum atomic E-state index is 11.8. The Morgan fingerprint density at radius 1 is 1.00 bits per heavy atom. The topological polar surface area (TPSA) is 58.6 Å². The Labute approximate surface area is 152 Å². The first kappa shape index (κ1) is 17.6. The predicted octanol–water partition coefficient (Wildman–Crippen LogP) is 4.11. The Morgan fingerprint density at radius 3 is 2.48 bits per heavy atom. The summed E-state index contributed by atoms with van der Waals surface area (Å²) in [4.78, 5) is 11.8. The minimum Gasteiger partial charge on any atom is -0.453 e. The van der Waals surface area contributed by atoms with Crippen LogP contribution in [-0.4, -0.2) is 30.5 Å². The van der Waals surface area contributed by atoms with Crippen LogP contribution in [-0.2, 0) is 4.74 Å². The number of amides is 1. The average molecular weight is 350 g/mol. The molecule has 4 nitrogen and oxygen atoms in total. The van der Waals surface area contributed by atoms with Gasteiger partial charge in [-0.3, -0.25) is 0 Å². The molecule has 0 aliphatic heterocycles. The van der Waals surface area contributed by atoms with E-state index in [-0.39, 0.29) is 23.7 Å². The molecule has 0 aromatic carbocycles. The number of methoxy groups -OCH3 is 1. The quantitative estimate of drug-likeness (QED) is 0.749. The molecule has 1 amide bonds. The highest BCUT2D eigenvalue weighted by molar-refractivity contribution is 5.67. The molecule has 4 aliphatic carbocycles. The van der Waals surface area contributed by atoms with Gasteiger partial charge in [0.1, 0.15) is 0 Å². The smallest absolute Gasteiger partial charge is 0.407 e. The number of rotatable bonds is 1. The Bertz CT molecular complexity index is 537. The highest BCUT2D eigenvalue weighted by Crippen LogP contribution is 2.66. The molecule has 4 aliphatic rings. The number of carbonyl (C=O) groups is 1. The van der Waals surface area contributed by atoms with E-state index in [1.807, 2.05) is 0 Å². The number of alkyl carbamates (subject to hydrolysis) is 1. The van der Waals surface area contributed by atoms with Gasteiger partial charge in [0.25, 0.3) is 0 Å². The first-order valence-electron chi connectivity index (χ1n) is 10.4. The van der Waals surface area contributed by atoms with E-state index in [2.05, 4.69) is 19.2 Å². The van der Waals surface area contributed by atoms with Crippen LogP contribution in [0.3, 0.4) is 0 Å². The fraction of sp³-hybridized carbons (Fsp3) is 0.952. The molecular formula is C21H35NO3. The number of nitrogens with one attached hydrogen (secondary N) is 1. The Kier molecular flexibility index (Phi) is 4.33. The van der Waals surface area contributed by atoms with Crippen molar-refractivity contribution < 1.29 is 14.6 Å². The number of hydrogen-bond donors (Lipinski definition) is 2. The van der Waals surface area contributed by atoms with Crippen LogP contribution in [0.1, 0.15) is 71.6 Å². The molecule has 2 N–H and O–H groups in total. The van der Waals surface area contributed by atoms with Crippen molar-refractivity contribution >= 4 is 6.09 Å². The zero-order valence-electron chi connectivity index (χ0n) is 16.1. The zero-order chi connectivity index (χ0) is 17.8. The third-order valence-corrected chi connectivity index (χ3v) is 9.12. The lowest BCUT2D eigenvalue weighted by Crippen LogP contribution is -2.56. The fourth-order valence-corrected chi connectivity index (χ4v) is 7.67. The first-order chi connectivity index (χ1) is 11.9. The lowest BCUT2D eigenvalue weighted by molar-refractivity contribution is -0.123. The highest BCUT2D eigenvalue weighted by Gasteiger charge is 2.60. The van der Waals surface area contributed by atoms with Crippen LogP contribution >= 0.6 is 0 Å². The second-order valence-electron chi connectivity index (χ2n) is 9.90. The van der Waals surface area contributed by atoms with Gasteiger partial charge in [-0.1, -0.05) is 13.8 Å². The minimum atomic E-state index is -0.272. The number of hydrogen-bond acceptors (Lipinski definition) is 3. The summed E-state index contributed by atoms with van der Waals surface area (Å²) in [7, 11) is 1.46. The van der Waals surface area contributed by atoms with Crippen LogP contribution in [0.5, 0.6) is 0 Å². The van der Waals surface area contributed by atoms with Crippen LogP contribution in [0.25, 0.3) is 0 Å². The Hall–Kier alpha value is -0.770. The third-order valence-electron chi connectivity index (χ3n) is 9.12. The van der Waals surface area contributed by atoms with Gasteiger partial charge in [0.05, 0.1) is 13.2 Å². The predicted molar refractivity (Wildman–Crippen MR) is 97.1 cm³/mol. The third kappa shape index (κ3) is 2.62. The number of aliphatic hydroxyl groups excluding tert-OH is 1. The number of carbonyl (C=O) groups excluding carboxylic acids is 1. The van der Waals surface area contributed by atoms with E-state index in [1.54, 1.807) is 0 Å². The van der Waals surface area contributed by atoms with Crippen LogP contribution in [0, 0.1) is 34.5 Å². The zero-order valence-corrected chi connectivity index (χ0v) is 16.1. The van der Waals surface area contributed by atoms with E-state index in [9.17, 15) is 9.90 Å². The van der Waals surface area contributed by atoms with Crippen molar-refractivity contribution in [2.75, 3.05) is 7.11 Å². The summed E-state index contributed by atoms with van der Waals surface area (Å²) in [6.07, 6.45) is 10.3. The van der Waals surface area contributed by atoms with E-state index >= 15 is 0 Å². The van der Waals surface area contributed by atoms with Gasteiger partial charge in [0.15, 0.2) is 0 Å². The molecular weight excluding hydrogens is 314 g/mol. The van der Waals surface area contributed by atoms with E-state index in [0.717, 1.165) is 37.0 Å². The number of ether oxygens (including phenoxy) is 1. The average Bonchev–Trinajstić information content (AvgIpc) is 2.92. The van der Waals surface area contributed by atoms with Gasteiger partial charge in [-0.05, 0) is 92.3 Å². The second kappa shape index (κ2) is 6.14. The van der Waals surface area contributed by atoms with Gasteiger partial charge in [0.2, 0.25) is 0 Å². The standard InChI is InChI=1S/C21H35NO3/c1-20-10-8-14(23)12-13(20)4-5-15-16-6-7-18(22-19(24)25-3)21(16,2)11-9-17(15)20/h13-18,23H,4-12H2,1-3H3,(H,22,24)/t13-,14+,15-,16-,17-,18-,20-,21-/m0/s1. The Balaban J connectivity index is 1.55. The van der Waals surface area contributed by atoms with Gasteiger partial charge in [-0.15, -0.1) is 0 Å². The van der Waals surface area contributed by atoms with Gasteiger partial charge in [0, 0.05) is 6.04 Å². The molecule has 0 heterocycles. The van der Waals surface area contributed by atoms with Crippen molar-refractivity contribution in [3.05, 3.63) is 0 Å². The van der Waals surface area contributed by atoms with E-state index < -0.39 is 0 Å². The molecule has 142 valence electrons. The molecule has 0 aromatic heterocycles. The van der Waals surface area contributed by atoms with E-state index in [1.165, 1.54) is 45.6 Å². The summed E-state index contributed by atoms with van der Waals surface area (Å²) in [6.45, 7) is 4.95. The molecule has 4 saturated carbocycles. The van der Waals surface area contributed by atoms with Crippen LogP contribution in [0.2, 0.25) is 0 Å². The van der Waals surface area contributed by atoms with Crippen molar-refractivity contribution in [2.45, 2.75) is 83.8 Å². The molecule has 0 unspecified atom stereocenters. The van der Waals surface area contributed by atoms with E-state index in [0.29, 0.717) is 11.3 Å². The maximum Gasteiger partial charge on any atom is 0.407 e. The molecule has 0 bridgehead atoms. The minimum absolute atomic E-state index is 0.0661. The molecule has 0 saturated heterocycles. The largest absolute Gasteiger partial charge is 0.453 e. The van der Waals surface area contributed by atoms with Crippen molar-refractivity contribution in [1.82, 2.24) is 5.32 Å². The second-order valence-corrected chi connectivity index (χ2v) is 9.90. The molecule has 4 fully saturated rings. The number of aliphatic hydroxyl groups is 1. The molecule has 4 heteroatoms. The monoisotopic (exact) mass is 349 g/mol. The normalized spacial score (nSPS) is 51.8. The van der Waals surface area contributed by atoms with Crippen LogP contribution in [0.4, 0.5) is 4.79 Å². The molecule has 0 aromatic rings. The fourth-order valence-electron chi connectivity index (χ4n) is 7.67. The van der Waals surface area contributed by atoms with Crippen LogP contribution < -0.4 is 5.32 Å². The molecule has 0 radical (unpaired) electrons. The molecule has 4 rings (SSSR count). The summed E-state index contributed by atoms with van der Waals surface area (Å²) < 4.78 is 4.87. The van der Waals surface area contributed by atoms with Crippen molar-refractivity contribution in [2.24, 2.45) is 34.5 Å². The Morgan fingerprint density at radius 2 is 1.72 bits per heavy atom. The summed E-state index contributed by atoms with van der Waals surface area (Å²) in [5, 5.41) is 13.3. The summed E-state index contributed by atoms with van der Waals surface area (Å²) in [5.41, 5.74) is 0.657. The lowest BCUT2D eigenvalue weighted by Gasteiger charge is -2.60. The SMILES string of the molecule is COC(=O)N[C@H]1CC[C@H]2[C@@H]3CC[C@H]4C[C@H](O)CC[C@]4(C)[C@H]3CC[C@]12C. The van der Waals surface area contributed by atoms with Gasteiger partial charge in [-0.25, -0.2) is 4.79 Å². The summed E-state index contributed by atoms with van der Waals surface area (Å²) in [6, 6.07) is 0.268. The van der Waals surface area contributed by atoms with Crippen LogP contribution in [0.15, 0.2) is 0 Å². The molecule has 25 heavy (non-hydrogen) atoms. The van der Waals surface area contributed by atoms with Gasteiger partial charge < -0.3 is 15.2 Å². The van der Waals surface area contributed by atoms with Gasteiger partial charge in [-0.2, -0.15) is 0 Å². The number of fused-ring (bicyclic) bond motifs is 5. The van der Waals surface area contributed by atoms with E-state index in [4.69, 9.17) is 4.74 Å². The van der Waals surface area contributed by atoms with Crippen molar-refractivity contribution in [1.29, 1.82) is 0 Å². The molecule has 8 atom stereocenters.